The zero-order valence-electron chi connectivity index (χ0n) is 21.1. The molecule has 2 aromatic heterocycles. The molecule has 0 aliphatic carbocycles. The first-order valence-corrected chi connectivity index (χ1v) is 12.7. The molecule has 0 saturated carbocycles. The highest BCUT2D eigenvalue weighted by atomic mass is 16.5. The van der Waals surface area contributed by atoms with Crippen LogP contribution in [0.15, 0.2) is 42.7 Å². The van der Waals surface area contributed by atoms with Crippen molar-refractivity contribution < 1.29 is 4.74 Å². The summed E-state index contributed by atoms with van der Waals surface area (Å²) in [5, 5.41) is 12.6. The van der Waals surface area contributed by atoms with Gasteiger partial charge in [0.1, 0.15) is 18.5 Å². The van der Waals surface area contributed by atoms with Crippen LogP contribution >= 0.6 is 0 Å². The molecule has 1 aromatic carbocycles. The van der Waals surface area contributed by atoms with Gasteiger partial charge in [-0.05, 0) is 57.3 Å². The number of likely N-dealkylation sites (N-methyl/N-ethyl adjacent to an activating group) is 1. The van der Waals surface area contributed by atoms with Gasteiger partial charge in [0, 0.05) is 63.0 Å². The summed E-state index contributed by atoms with van der Waals surface area (Å²) in [6, 6.07) is 14.3. The van der Waals surface area contributed by atoms with Gasteiger partial charge in [0.2, 0.25) is 5.88 Å². The van der Waals surface area contributed by atoms with Crippen LogP contribution in [0.2, 0.25) is 0 Å². The van der Waals surface area contributed by atoms with Crippen LogP contribution in [0.4, 0.5) is 11.5 Å². The number of anilines is 2. The third kappa shape index (κ3) is 5.83. The molecule has 1 N–H and O–H groups in total. The highest BCUT2D eigenvalue weighted by Crippen LogP contribution is 2.27. The lowest BCUT2D eigenvalue weighted by Crippen LogP contribution is -2.53. The van der Waals surface area contributed by atoms with E-state index in [9.17, 15) is 0 Å². The molecule has 2 saturated heterocycles. The van der Waals surface area contributed by atoms with E-state index in [0.717, 1.165) is 69.0 Å². The molecule has 0 atom stereocenters. The van der Waals surface area contributed by atoms with E-state index in [1.165, 1.54) is 5.69 Å². The molecule has 0 radical (unpaired) electrons. The number of fused-ring (bicyclic) bond motifs is 1. The van der Waals surface area contributed by atoms with E-state index in [1.807, 2.05) is 38.4 Å². The van der Waals surface area contributed by atoms with E-state index < -0.39 is 0 Å². The lowest BCUT2D eigenvalue weighted by atomic mass is 9.96. The van der Waals surface area contributed by atoms with Gasteiger partial charge in [-0.2, -0.15) is 5.26 Å². The van der Waals surface area contributed by atoms with Gasteiger partial charge in [-0.1, -0.05) is 0 Å². The summed E-state index contributed by atoms with van der Waals surface area (Å²) in [4.78, 5) is 20.6. The Hall–Kier alpha value is -3.48. The summed E-state index contributed by atoms with van der Waals surface area (Å²) in [7, 11) is 4.05. The summed E-state index contributed by atoms with van der Waals surface area (Å²) in [5.74, 6) is 2.09. The number of hydrogen-bond donors (Lipinski definition) is 1. The second-order valence-electron chi connectivity index (χ2n) is 10.0. The minimum Gasteiger partial charge on any atom is -0.476 e. The number of hydrogen-bond acceptors (Lipinski definition) is 9. The predicted octanol–water partition coefficient (Wildman–Crippen LogP) is 2.85. The van der Waals surface area contributed by atoms with Crippen molar-refractivity contribution >= 4 is 22.5 Å². The van der Waals surface area contributed by atoms with E-state index in [-0.39, 0.29) is 0 Å². The van der Waals surface area contributed by atoms with Crippen LogP contribution in [0.1, 0.15) is 18.4 Å². The maximum absolute atomic E-state index is 8.98. The van der Waals surface area contributed by atoms with E-state index in [4.69, 9.17) is 15.0 Å². The van der Waals surface area contributed by atoms with Crippen molar-refractivity contribution in [3.8, 4) is 11.9 Å². The van der Waals surface area contributed by atoms with Crippen molar-refractivity contribution in [3.05, 3.63) is 48.3 Å². The lowest BCUT2D eigenvalue weighted by Gasteiger charge is -2.44. The van der Waals surface area contributed by atoms with Crippen molar-refractivity contribution in [1.29, 1.82) is 5.26 Å². The average molecular weight is 487 g/mol. The van der Waals surface area contributed by atoms with E-state index in [1.54, 1.807) is 6.33 Å². The van der Waals surface area contributed by atoms with Crippen LogP contribution in [-0.2, 0) is 0 Å². The van der Waals surface area contributed by atoms with Crippen LogP contribution < -0.4 is 15.0 Å². The van der Waals surface area contributed by atoms with Crippen LogP contribution in [0.5, 0.6) is 5.88 Å². The maximum Gasteiger partial charge on any atom is 0.214 e. The quantitative estimate of drug-likeness (QED) is 0.490. The first-order chi connectivity index (χ1) is 17.6. The standard InChI is InChI=1S/C27H34N8O/c1-33(2)13-14-36-25-8-7-24-26(32-25)27(30-19-29-24)31-22-9-11-34(12-10-22)16-21-17-35(18-21)23-5-3-20(15-28)4-6-23/h3-8,19,21-22H,9-14,16-18H2,1-2H3,(H,29,30,31). The van der Waals surface area contributed by atoms with Crippen molar-refractivity contribution in [3.63, 3.8) is 0 Å². The molecular weight excluding hydrogens is 452 g/mol. The molecule has 9 heteroatoms. The fourth-order valence-electron chi connectivity index (χ4n) is 4.90. The molecule has 0 unspecified atom stereocenters. The number of nitriles is 1. The normalized spacial score (nSPS) is 17.2. The van der Waals surface area contributed by atoms with Gasteiger partial charge in [0.25, 0.3) is 0 Å². The second-order valence-corrected chi connectivity index (χ2v) is 10.0. The molecule has 188 valence electrons. The van der Waals surface area contributed by atoms with E-state index in [2.05, 4.69) is 48.2 Å². The first kappa shape index (κ1) is 24.2. The molecule has 3 aromatic rings. The predicted molar refractivity (Wildman–Crippen MR) is 141 cm³/mol. The number of benzene rings is 1. The number of ether oxygens (including phenoxy) is 1. The van der Waals surface area contributed by atoms with Crippen molar-refractivity contribution in [2.45, 2.75) is 18.9 Å². The van der Waals surface area contributed by atoms with Crippen molar-refractivity contribution in [2.75, 3.05) is 70.2 Å². The fraction of sp³-hybridized carbons (Fsp3) is 0.481. The topological polar surface area (TPSA) is 93.4 Å². The SMILES string of the molecule is CN(C)CCOc1ccc2ncnc(NC3CCN(CC4CN(c5ccc(C#N)cc5)C4)CC3)c2n1. The van der Waals surface area contributed by atoms with E-state index >= 15 is 0 Å². The number of nitrogens with zero attached hydrogens (tertiary/aromatic N) is 7. The highest BCUT2D eigenvalue weighted by molar-refractivity contribution is 5.85. The maximum atomic E-state index is 8.98. The second kappa shape index (κ2) is 11.1. The highest BCUT2D eigenvalue weighted by Gasteiger charge is 2.30. The van der Waals surface area contributed by atoms with Crippen LogP contribution in [-0.4, -0.2) is 90.8 Å². The Labute approximate surface area is 212 Å². The Morgan fingerprint density at radius 1 is 1.08 bits per heavy atom. The van der Waals surface area contributed by atoms with E-state index in [0.29, 0.717) is 30.0 Å². The zero-order chi connectivity index (χ0) is 24.9. The zero-order valence-corrected chi connectivity index (χ0v) is 21.1. The Morgan fingerprint density at radius 2 is 1.86 bits per heavy atom. The molecule has 0 amide bonds. The van der Waals surface area contributed by atoms with Gasteiger partial charge < -0.3 is 24.8 Å². The Morgan fingerprint density at radius 3 is 2.58 bits per heavy atom. The molecule has 4 heterocycles. The fourth-order valence-corrected chi connectivity index (χ4v) is 4.90. The molecule has 2 aliphatic heterocycles. The monoisotopic (exact) mass is 486 g/mol. The largest absolute Gasteiger partial charge is 0.476 e. The number of rotatable bonds is 9. The summed E-state index contributed by atoms with van der Waals surface area (Å²) in [6.45, 7) is 6.91. The van der Waals surface area contributed by atoms with Crippen LogP contribution in [0.3, 0.4) is 0 Å². The van der Waals surface area contributed by atoms with Gasteiger partial charge in [0.15, 0.2) is 5.82 Å². The average Bonchev–Trinajstić information content (AvgIpc) is 2.87. The minimum atomic E-state index is 0.371. The van der Waals surface area contributed by atoms with Crippen molar-refractivity contribution in [1.82, 2.24) is 24.8 Å². The molecule has 5 rings (SSSR count). The first-order valence-electron chi connectivity index (χ1n) is 12.7. The number of piperidine rings is 1. The summed E-state index contributed by atoms with van der Waals surface area (Å²) in [6.07, 6.45) is 3.76. The molecule has 9 nitrogen and oxygen atoms in total. The minimum absolute atomic E-state index is 0.371. The molecular formula is C27H34N8O. The Bertz CT molecular complexity index is 1190. The van der Waals surface area contributed by atoms with Gasteiger partial charge in [-0.3, -0.25) is 0 Å². The Balaban J connectivity index is 1.10. The molecule has 2 aliphatic rings. The number of aromatic nitrogens is 3. The number of pyridine rings is 1. The van der Waals surface area contributed by atoms with Crippen molar-refractivity contribution in [2.24, 2.45) is 5.92 Å². The van der Waals surface area contributed by atoms with Gasteiger partial charge >= 0.3 is 0 Å². The lowest BCUT2D eigenvalue weighted by molar-refractivity contribution is 0.174. The molecule has 2 fully saturated rings. The summed E-state index contributed by atoms with van der Waals surface area (Å²) in [5.41, 5.74) is 3.51. The molecule has 36 heavy (non-hydrogen) atoms. The summed E-state index contributed by atoms with van der Waals surface area (Å²) < 4.78 is 5.82. The Kier molecular flexibility index (Phi) is 7.44. The van der Waals surface area contributed by atoms with Gasteiger partial charge in [0.05, 0.1) is 17.1 Å². The van der Waals surface area contributed by atoms with Crippen LogP contribution in [0.25, 0.3) is 11.0 Å². The van der Waals surface area contributed by atoms with Gasteiger partial charge in [-0.25, -0.2) is 15.0 Å². The third-order valence-electron chi connectivity index (χ3n) is 7.01. The third-order valence-corrected chi connectivity index (χ3v) is 7.01. The molecule has 0 bridgehead atoms. The molecule has 0 spiro atoms. The van der Waals surface area contributed by atoms with Crippen LogP contribution in [0, 0.1) is 17.2 Å². The summed E-state index contributed by atoms with van der Waals surface area (Å²) >= 11 is 0. The number of likely N-dealkylation sites (tertiary alicyclic amines) is 1. The number of nitrogens with one attached hydrogen (secondary N) is 1. The smallest absolute Gasteiger partial charge is 0.214 e. The van der Waals surface area contributed by atoms with Gasteiger partial charge in [-0.15, -0.1) is 0 Å².